The molecule has 0 unspecified atom stereocenters. The summed E-state index contributed by atoms with van der Waals surface area (Å²) in [7, 11) is 0. The summed E-state index contributed by atoms with van der Waals surface area (Å²) < 4.78 is 36.3. The van der Waals surface area contributed by atoms with E-state index >= 15 is 8.78 Å². The van der Waals surface area contributed by atoms with Crippen LogP contribution in [0.15, 0.2) is 60.7 Å². The number of amides is 1. The minimum absolute atomic E-state index is 0.254. The van der Waals surface area contributed by atoms with Gasteiger partial charge in [0, 0.05) is 31.6 Å². The normalized spacial score (nSPS) is 18.4. The van der Waals surface area contributed by atoms with Crippen molar-refractivity contribution in [2.45, 2.75) is 77.6 Å². The number of alkyl halides is 2. The molecule has 1 atom stereocenters. The fraction of sp³-hybridized carbons (Fsp3) is 0.536. The Morgan fingerprint density at radius 2 is 1.50 bits per heavy atom. The summed E-state index contributed by atoms with van der Waals surface area (Å²) in [5.74, 6) is -3.17. The number of likely N-dealkylation sites (tertiary alicyclic amines) is 1. The van der Waals surface area contributed by atoms with E-state index in [2.05, 4.69) is 0 Å². The van der Waals surface area contributed by atoms with Crippen molar-refractivity contribution in [2.75, 3.05) is 13.1 Å². The third kappa shape index (κ3) is 7.79. The lowest BCUT2D eigenvalue weighted by atomic mass is 9.92. The van der Waals surface area contributed by atoms with Gasteiger partial charge in [-0.3, -0.25) is 4.90 Å². The Hall–Kier alpha value is -2.47. The fourth-order valence-electron chi connectivity index (χ4n) is 4.83. The third-order valence-corrected chi connectivity index (χ3v) is 6.11. The van der Waals surface area contributed by atoms with E-state index in [0.29, 0.717) is 19.5 Å². The number of nitrogens with zero attached hydrogens (tertiary/aromatic N) is 2. The van der Waals surface area contributed by atoms with Crippen LogP contribution in [0, 0.1) is 5.92 Å². The molecule has 1 heterocycles. The number of benzene rings is 2. The molecule has 0 saturated carbocycles. The highest BCUT2D eigenvalue weighted by Crippen LogP contribution is 2.39. The van der Waals surface area contributed by atoms with E-state index in [-0.39, 0.29) is 25.4 Å². The maximum Gasteiger partial charge on any atom is 0.410 e. The van der Waals surface area contributed by atoms with Crippen molar-refractivity contribution >= 4 is 6.09 Å². The molecule has 1 amide bonds. The number of rotatable bonds is 8. The van der Waals surface area contributed by atoms with Crippen LogP contribution in [0.1, 0.15) is 58.6 Å². The monoisotopic (exact) mass is 472 g/mol. The standard InChI is InChI=1S/C28H38F2N2O2/c1-26(2,3)34-25(33)32-20-24(16-27(32,4)5)17-28(29,30)21-31(18-22-12-8-6-9-13-22)19-23-14-10-7-11-15-23/h6-15,24H,16-21H2,1-5H3/t24-/m0/s1. The van der Waals surface area contributed by atoms with Gasteiger partial charge in [-0.2, -0.15) is 0 Å². The van der Waals surface area contributed by atoms with Crippen molar-refractivity contribution < 1.29 is 18.3 Å². The molecule has 1 fully saturated rings. The van der Waals surface area contributed by atoms with Gasteiger partial charge in [-0.1, -0.05) is 60.7 Å². The van der Waals surface area contributed by atoms with Gasteiger partial charge < -0.3 is 9.64 Å². The minimum Gasteiger partial charge on any atom is -0.444 e. The van der Waals surface area contributed by atoms with Crippen molar-refractivity contribution in [3.63, 3.8) is 0 Å². The molecule has 1 saturated heterocycles. The van der Waals surface area contributed by atoms with Gasteiger partial charge in [0.15, 0.2) is 0 Å². The molecule has 6 heteroatoms. The molecule has 0 aromatic heterocycles. The summed E-state index contributed by atoms with van der Waals surface area (Å²) in [6.45, 7) is 10.1. The highest BCUT2D eigenvalue weighted by molar-refractivity contribution is 5.69. The Bertz CT molecular complexity index is 885. The van der Waals surface area contributed by atoms with E-state index in [9.17, 15) is 4.79 Å². The molecule has 2 aromatic carbocycles. The number of ether oxygens (including phenoxy) is 1. The molecule has 1 aliphatic heterocycles. The van der Waals surface area contributed by atoms with Gasteiger partial charge in [0.05, 0.1) is 6.54 Å². The topological polar surface area (TPSA) is 32.8 Å². The molecule has 1 aliphatic rings. The Kier molecular flexibility index (Phi) is 8.02. The minimum atomic E-state index is -2.88. The van der Waals surface area contributed by atoms with Gasteiger partial charge in [-0.25, -0.2) is 13.6 Å². The van der Waals surface area contributed by atoms with Crippen LogP contribution in [0.4, 0.5) is 13.6 Å². The second-order valence-electron chi connectivity index (χ2n) is 11.1. The quantitative estimate of drug-likeness (QED) is 0.426. The van der Waals surface area contributed by atoms with Crippen LogP contribution < -0.4 is 0 Å². The lowest BCUT2D eigenvalue weighted by molar-refractivity contribution is -0.0546. The zero-order valence-corrected chi connectivity index (χ0v) is 21.1. The summed E-state index contributed by atoms with van der Waals surface area (Å²) in [5, 5.41) is 0. The molecule has 2 aromatic rings. The molecule has 34 heavy (non-hydrogen) atoms. The van der Waals surface area contributed by atoms with Crippen molar-refractivity contribution in [1.29, 1.82) is 0 Å². The summed E-state index contributed by atoms with van der Waals surface area (Å²) in [6, 6.07) is 19.4. The molecular formula is C28H38F2N2O2. The lowest BCUT2D eigenvalue weighted by Gasteiger charge is -2.33. The molecule has 0 N–H and O–H groups in total. The van der Waals surface area contributed by atoms with E-state index in [1.165, 1.54) is 0 Å². The lowest BCUT2D eigenvalue weighted by Crippen LogP contribution is -2.45. The molecule has 4 nitrogen and oxygen atoms in total. The zero-order chi connectivity index (χ0) is 25.0. The fourth-order valence-corrected chi connectivity index (χ4v) is 4.83. The number of hydrogen-bond acceptors (Lipinski definition) is 3. The van der Waals surface area contributed by atoms with Crippen LogP contribution in [0.5, 0.6) is 0 Å². The van der Waals surface area contributed by atoms with Gasteiger partial charge in [0.25, 0.3) is 5.92 Å². The molecule has 0 radical (unpaired) electrons. The van der Waals surface area contributed by atoms with Crippen LogP contribution in [-0.4, -0.2) is 46.0 Å². The van der Waals surface area contributed by atoms with Crippen molar-refractivity contribution in [2.24, 2.45) is 5.92 Å². The smallest absolute Gasteiger partial charge is 0.410 e. The van der Waals surface area contributed by atoms with Crippen molar-refractivity contribution in [3.8, 4) is 0 Å². The number of carbonyl (C=O) groups is 1. The number of hydrogen-bond donors (Lipinski definition) is 0. The largest absolute Gasteiger partial charge is 0.444 e. The van der Waals surface area contributed by atoms with E-state index in [1.807, 2.05) is 100 Å². The summed E-state index contributed by atoms with van der Waals surface area (Å²) in [5.41, 5.74) is 0.876. The maximum atomic E-state index is 15.4. The van der Waals surface area contributed by atoms with E-state index in [0.717, 1.165) is 11.1 Å². The van der Waals surface area contributed by atoms with Gasteiger partial charge in [-0.15, -0.1) is 0 Å². The van der Waals surface area contributed by atoms with Crippen LogP contribution in [0.25, 0.3) is 0 Å². The Balaban J connectivity index is 1.68. The predicted octanol–water partition coefficient (Wildman–Crippen LogP) is 6.75. The summed E-state index contributed by atoms with van der Waals surface area (Å²) >= 11 is 0. The number of halogens is 2. The second-order valence-corrected chi connectivity index (χ2v) is 11.1. The van der Waals surface area contributed by atoms with Crippen molar-refractivity contribution in [1.82, 2.24) is 9.80 Å². The predicted molar refractivity (Wildman–Crippen MR) is 132 cm³/mol. The van der Waals surface area contributed by atoms with E-state index < -0.39 is 23.2 Å². The third-order valence-electron chi connectivity index (χ3n) is 6.11. The molecule has 3 rings (SSSR count). The average Bonchev–Trinajstić information content (AvgIpc) is 3.01. The highest BCUT2D eigenvalue weighted by Gasteiger charge is 2.46. The molecule has 0 aliphatic carbocycles. The van der Waals surface area contributed by atoms with Crippen LogP contribution in [0.3, 0.4) is 0 Å². The summed E-state index contributed by atoms with van der Waals surface area (Å²) in [6.07, 6.45) is -0.159. The Morgan fingerprint density at radius 3 is 1.97 bits per heavy atom. The molecule has 0 spiro atoms. The average molecular weight is 473 g/mol. The van der Waals surface area contributed by atoms with Crippen LogP contribution in [0.2, 0.25) is 0 Å². The molecule has 0 bridgehead atoms. The maximum absolute atomic E-state index is 15.4. The van der Waals surface area contributed by atoms with Gasteiger partial charge in [0.2, 0.25) is 0 Å². The first-order valence-corrected chi connectivity index (χ1v) is 12.0. The molecule has 186 valence electrons. The first-order valence-electron chi connectivity index (χ1n) is 12.0. The van der Waals surface area contributed by atoms with Crippen LogP contribution in [-0.2, 0) is 17.8 Å². The summed E-state index contributed by atoms with van der Waals surface area (Å²) in [4.78, 5) is 16.1. The van der Waals surface area contributed by atoms with Crippen LogP contribution >= 0.6 is 0 Å². The highest BCUT2D eigenvalue weighted by atomic mass is 19.3. The molecular weight excluding hydrogens is 434 g/mol. The zero-order valence-electron chi connectivity index (χ0n) is 21.1. The number of carbonyl (C=O) groups excluding carboxylic acids is 1. The SMILES string of the molecule is CC(C)(C)OC(=O)N1C[C@H](CC(F)(F)CN(Cc2ccccc2)Cc2ccccc2)CC1(C)C. The van der Waals surface area contributed by atoms with Gasteiger partial charge in [0.1, 0.15) is 5.60 Å². The van der Waals surface area contributed by atoms with Crippen molar-refractivity contribution in [3.05, 3.63) is 71.8 Å². The second kappa shape index (κ2) is 10.4. The van der Waals surface area contributed by atoms with Gasteiger partial charge >= 0.3 is 6.09 Å². The first kappa shape index (κ1) is 26.1. The van der Waals surface area contributed by atoms with E-state index in [4.69, 9.17) is 4.74 Å². The Labute approximate surface area is 202 Å². The van der Waals surface area contributed by atoms with E-state index in [1.54, 1.807) is 4.90 Å². The van der Waals surface area contributed by atoms with Gasteiger partial charge in [-0.05, 0) is 58.1 Å². The Morgan fingerprint density at radius 1 is 1.00 bits per heavy atom. The first-order chi connectivity index (χ1) is 15.8.